The molecule has 1 atom stereocenters. The van der Waals surface area contributed by atoms with Crippen LogP contribution < -0.4 is 10.2 Å². The molecule has 98 valence electrons. The maximum atomic E-state index is 13.3. The van der Waals surface area contributed by atoms with Crippen LogP contribution in [0.4, 0.5) is 10.1 Å². The molecule has 1 fully saturated rings. The van der Waals surface area contributed by atoms with Crippen molar-refractivity contribution in [3.8, 4) is 0 Å². The number of hydrogen-bond donors (Lipinski definition) is 2. The van der Waals surface area contributed by atoms with Gasteiger partial charge in [-0.15, -0.1) is 0 Å². The number of hydrogen-bond acceptors (Lipinski definition) is 3. The van der Waals surface area contributed by atoms with E-state index in [1.807, 2.05) is 13.8 Å². The van der Waals surface area contributed by atoms with Crippen molar-refractivity contribution in [2.75, 3.05) is 18.1 Å². The Morgan fingerprint density at radius 2 is 2.28 bits per heavy atom. The fourth-order valence-electron chi connectivity index (χ4n) is 2.23. The van der Waals surface area contributed by atoms with Gasteiger partial charge >= 0.3 is 0 Å². The van der Waals surface area contributed by atoms with Crippen LogP contribution in [-0.2, 0) is 4.79 Å². The van der Waals surface area contributed by atoms with Crippen molar-refractivity contribution >= 4 is 11.6 Å². The Kier molecular flexibility index (Phi) is 3.36. The third kappa shape index (κ3) is 2.23. The zero-order chi connectivity index (χ0) is 13.3. The van der Waals surface area contributed by atoms with E-state index in [2.05, 4.69) is 5.32 Å². The van der Waals surface area contributed by atoms with E-state index >= 15 is 0 Å². The molecule has 18 heavy (non-hydrogen) atoms. The summed E-state index contributed by atoms with van der Waals surface area (Å²) in [6.45, 7) is 4.08. The van der Waals surface area contributed by atoms with Crippen molar-refractivity contribution in [1.29, 1.82) is 0 Å². The van der Waals surface area contributed by atoms with Crippen LogP contribution in [0.25, 0.3) is 0 Å². The maximum Gasteiger partial charge on any atom is 0.247 e. The van der Waals surface area contributed by atoms with Crippen LogP contribution in [-0.4, -0.2) is 35.7 Å². The van der Waals surface area contributed by atoms with E-state index in [0.29, 0.717) is 12.2 Å². The first kappa shape index (κ1) is 13.0. The predicted octanol–water partition coefficient (Wildman–Crippen LogP) is 0.901. The van der Waals surface area contributed by atoms with Crippen LogP contribution in [0.2, 0.25) is 0 Å². The number of amides is 1. The normalized spacial score (nSPS) is 23.2. The molecule has 0 aromatic heterocycles. The summed E-state index contributed by atoms with van der Waals surface area (Å²) >= 11 is 0. The van der Waals surface area contributed by atoms with Gasteiger partial charge in [0.2, 0.25) is 5.91 Å². The third-order valence-corrected chi connectivity index (χ3v) is 3.15. The standard InChI is InChI=1S/C13H17FN2O2/c1-13(2)8-15-11(7-17)12(18)16(13)10-5-3-4-9(14)6-10/h3-6,11,15,17H,7-8H2,1-2H3. The molecule has 0 saturated carbocycles. The minimum Gasteiger partial charge on any atom is -0.394 e. The van der Waals surface area contributed by atoms with Gasteiger partial charge in [-0.05, 0) is 32.0 Å². The molecule has 1 unspecified atom stereocenters. The molecule has 0 radical (unpaired) electrons. The predicted molar refractivity (Wildman–Crippen MR) is 66.8 cm³/mol. The van der Waals surface area contributed by atoms with Gasteiger partial charge in [0.05, 0.1) is 12.1 Å². The minimum absolute atomic E-state index is 0.237. The lowest BCUT2D eigenvalue weighted by Gasteiger charge is -2.45. The third-order valence-electron chi connectivity index (χ3n) is 3.15. The van der Waals surface area contributed by atoms with Crippen LogP contribution in [0, 0.1) is 5.82 Å². The highest BCUT2D eigenvalue weighted by Crippen LogP contribution is 2.27. The minimum atomic E-state index is -0.624. The maximum absolute atomic E-state index is 13.3. The second kappa shape index (κ2) is 4.66. The van der Waals surface area contributed by atoms with Gasteiger partial charge in [0.25, 0.3) is 0 Å². The van der Waals surface area contributed by atoms with Gasteiger partial charge in [0, 0.05) is 12.2 Å². The highest BCUT2D eigenvalue weighted by Gasteiger charge is 2.40. The Balaban J connectivity index is 2.40. The first-order valence-electron chi connectivity index (χ1n) is 5.89. The Bertz CT molecular complexity index is 462. The topological polar surface area (TPSA) is 52.6 Å². The van der Waals surface area contributed by atoms with E-state index in [4.69, 9.17) is 5.11 Å². The molecule has 0 spiro atoms. The van der Waals surface area contributed by atoms with Crippen molar-refractivity contribution in [3.63, 3.8) is 0 Å². The summed E-state index contributed by atoms with van der Waals surface area (Å²) in [4.78, 5) is 13.8. The second-order valence-electron chi connectivity index (χ2n) is 5.08. The van der Waals surface area contributed by atoms with Gasteiger partial charge in [-0.3, -0.25) is 4.79 Å². The summed E-state index contributed by atoms with van der Waals surface area (Å²) in [5.74, 6) is -0.616. The van der Waals surface area contributed by atoms with Crippen molar-refractivity contribution in [2.45, 2.75) is 25.4 Å². The van der Waals surface area contributed by atoms with Gasteiger partial charge < -0.3 is 15.3 Å². The number of nitrogens with zero attached hydrogens (tertiary/aromatic N) is 1. The highest BCUT2D eigenvalue weighted by molar-refractivity contribution is 5.99. The Morgan fingerprint density at radius 1 is 1.56 bits per heavy atom. The first-order valence-corrected chi connectivity index (χ1v) is 5.89. The summed E-state index contributed by atoms with van der Waals surface area (Å²) in [7, 11) is 0. The highest BCUT2D eigenvalue weighted by atomic mass is 19.1. The van der Waals surface area contributed by atoms with Crippen molar-refractivity contribution in [1.82, 2.24) is 5.32 Å². The number of carbonyl (C=O) groups is 1. The average molecular weight is 252 g/mol. The number of piperazine rings is 1. The molecule has 1 aliphatic rings. The molecular formula is C13H17FN2O2. The lowest BCUT2D eigenvalue weighted by Crippen LogP contribution is -2.66. The molecular weight excluding hydrogens is 235 g/mol. The Morgan fingerprint density at radius 3 is 2.89 bits per heavy atom. The molecule has 1 amide bonds. The number of aliphatic hydroxyl groups excluding tert-OH is 1. The van der Waals surface area contributed by atoms with Gasteiger partial charge in [0.15, 0.2) is 0 Å². The molecule has 5 heteroatoms. The first-order chi connectivity index (χ1) is 8.45. The molecule has 1 aliphatic heterocycles. The van der Waals surface area contributed by atoms with E-state index in [1.54, 1.807) is 17.0 Å². The smallest absolute Gasteiger partial charge is 0.247 e. The second-order valence-corrected chi connectivity index (χ2v) is 5.08. The molecule has 1 aromatic rings. The summed E-state index contributed by atoms with van der Waals surface area (Å²) in [6.07, 6.45) is 0. The van der Waals surface area contributed by atoms with Gasteiger partial charge in [0.1, 0.15) is 11.9 Å². The largest absolute Gasteiger partial charge is 0.394 e. The molecule has 0 bridgehead atoms. The van der Waals surface area contributed by atoms with Crippen molar-refractivity contribution in [2.24, 2.45) is 0 Å². The van der Waals surface area contributed by atoms with E-state index in [9.17, 15) is 9.18 Å². The van der Waals surface area contributed by atoms with Gasteiger partial charge in [-0.2, -0.15) is 0 Å². The SMILES string of the molecule is CC1(C)CNC(CO)C(=O)N1c1cccc(F)c1. The van der Waals surface area contributed by atoms with E-state index in [1.165, 1.54) is 12.1 Å². The molecule has 1 aromatic carbocycles. The fraction of sp³-hybridized carbons (Fsp3) is 0.462. The molecule has 2 rings (SSSR count). The van der Waals surface area contributed by atoms with E-state index < -0.39 is 11.6 Å². The van der Waals surface area contributed by atoms with Gasteiger partial charge in [-0.1, -0.05) is 6.07 Å². The van der Waals surface area contributed by atoms with Crippen LogP contribution in [0.3, 0.4) is 0 Å². The van der Waals surface area contributed by atoms with Crippen LogP contribution in [0.15, 0.2) is 24.3 Å². The number of anilines is 1. The summed E-state index contributed by atoms with van der Waals surface area (Å²) < 4.78 is 13.3. The van der Waals surface area contributed by atoms with Crippen LogP contribution in [0.5, 0.6) is 0 Å². The van der Waals surface area contributed by atoms with Crippen molar-refractivity contribution in [3.05, 3.63) is 30.1 Å². The van der Waals surface area contributed by atoms with Crippen LogP contribution in [0.1, 0.15) is 13.8 Å². The zero-order valence-corrected chi connectivity index (χ0v) is 10.5. The van der Waals surface area contributed by atoms with Gasteiger partial charge in [-0.25, -0.2) is 4.39 Å². The molecule has 1 heterocycles. The number of halogens is 1. The summed E-state index contributed by atoms with van der Waals surface area (Å²) in [6, 6.07) is 5.32. The Hall–Kier alpha value is -1.46. The molecule has 4 nitrogen and oxygen atoms in total. The number of benzene rings is 1. The quantitative estimate of drug-likeness (QED) is 0.822. The summed E-state index contributed by atoms with van der Waals surface area (Å²) in [5.41, 5.74) is 0.0567. The fourth-order valence-corrected chi connectivity index (χ4v) is 2.23. The van der Waals surface area contributed by atoms with E-state index in [0.717, 1.165) is 0 Å². The lowest BCUT2D eigenvalue weighted by atomic mass is 9.96. The monoisotopic (exact) mass is 252 g/mol. The lowest BCUT2D eigenvalue weighted by molar-refractivity contribution is -0.124. The average Bonchev–Trinajstić information content (AvgIpc) is 2.28. The molecule has 1 saturated heterocycles. The number of aliphatic hydroxyl groups is 1. The number of rotatable bonds is 2. The zero-order valence-electron chi connectivity index (χ0n) is 10.5. The number of nitrogens with one attached hydrogen (secondary N) is 1. The van der Waals surface area contributed by atoms with Crippen LogP contribution >= 0.6 is 0 Å². The molecule has 0 aliphatic carbocycles. The number of carbonyl (C=O) groups excluding carboxylic acids is 1. The van der Waals surface area contributed by atoms with Crippen molar-refractivity contribution < 1.29 is 14.3 Å². The molecule has 2 N–H and O–H groups in total. The van der Waals surface area contributed by atoms with E-state index in [-0.39, 0.29) is 18.3 Å². The Labute approximate surface area is 105 Å². The summed E-state index contributed by atoms with van der Waals surface area (Å²) in [5, 5.41) is 12.2.